The van der Waals surface area contributed by atoms with Gasteiger partial charge < -0.3 is 20.1 Å². The maximum atomic E-state index is 12.9. The third-order valence-corrected chi connectivity index (χ3v) is 7.65. The lowest BCUT2D eigenvalue weighted by atomic mass is 9.86. The molecular weight excluding hydrogens is 544 g/mol. The fraction of sp³-hybridized carbons (Fsp3) is 0.440. The molecule has 12 nitrogen and oxygen atoms in total. The zero-order valence-corrected chi connectivity index (χ0v) is 24.6. The molecule has 3 aromatic rings. The number of rotatable bonds is 11. The van der Waals surface area contributed by atoms with Crippen molar-refractivity contribution in [2.24, 2.45) is 0 Å². The molecule has 0 saturated heterocycles. The molecule has 0 fully saturated rings. The van der Waals surface area contributed by atoms with Crippen molar-refractivity contribution in [3.8, 4) is 16.8 Å². The van der Waals surface area contributed by atoms with Crippen LogP contribution in [-0.2, 0) is 15.4 Å². The molecule has 0 aliphatic rings. The molecule has 39 heavy (non-hydrogen) atoms. The standard InChI is InChI=1S/C25H34N6O6S2/c1-14(2)31-39(34,35)11-10-26-23-29-21(33)19(22(30-23)36-7)28-20(32)17-13-38-24(27-17)37-18-12-16(25(4,5)6)9-8-15(18)3/h8-9,12-14,31H,10-11H2,1-7H3,(H,28,32)(H2,26,29,30,33). The number of thiazole rings is 1. The van der Waals surface area contributed by atoms with Gasteiger partial charge in [-0.2, -0.15) is 9.97 Å². The van der Waals surface area contributed by atoms with Gasteiger partial charge in [-0.25, -0.2) is 13.1 Å². The minimum absolute atomic E-state index is 0.00759. The van der Waals surface area contributed by atoms with E-state index in [1.54, 1.807) is 13.8 Å². The maximum absolute atomic E-state index is 12.9. The first-order valence-electron chi connectivity index (χ1n) is 12.2. The maximum Gasteiger partial charge on any atom is 0.280 e. The largest absolute Gasteiger partial charge is 0.479 e. The molecule has 0 unspecified atom stereocenters. The van der Waals surface area contributed by atoms with E-state index in [0.29, 0.717) is 5.75 Å². The summed E-state index contributed by atoms with van der Waals surface area (Å²) in [6.45, 7) is 11.7. The van der Waals surface area contributed by atoms with E-state index in [1.165, 1.54) is 12.5 Å². The van der Waals surface area contributed by atoms with Crippen molar-refractivity contribution in [2.45, 2.75) is 53.0 Å². The van der Waals surface area contributed by atoms with Crippen LogP contribution in [0.25, 0.3) is 0 Å². The van der Waals surface area contributed by atoms with E-state index in [1.807, 2.05) is 19.1 Å². The number of carbonyl (C=O) groups is 1. The van der Waals surface area contributed by atoms with E-state index >= 15 is 0 Å². The summed E-state index contributed by atoms with van der Waals surface area (Å²) in [5.74, 6) is -0.407. The third kappa shape index (κ3) is 8.25. The number of benzene rings is 1. The first-order valence-corrected chi connectivity index (χ1v) is 14.7. The summed E-state index contributed by atoms with van der Waals surface area (Å²) in [6, 6.07) is 5.75. The molecule has 0 aliphatic carbocycles. The lowest BCUT2D eigenvalue weighted by molar-refractivity contribution is 0.102. The van der Waals surface area contributed by atoms with E-state index in [2.05, 4.69) is 57.1 Å². The Morgan fingerprint density at radius 1 is 1.21 bits per heavy atom. The first-order chi connectivity index (χ1) is 18.2. The lowest BCUT2D eigenvalue weighted by Crippen LogP contribution is -2.34. The average Bonchev–Trinajstić information content (AvgIpc) is 3.29. The smallest absolute Gasteiger partial charge is 0.280 e. The van der Waals surface area contributed by atoms with Crippen LogP contribution in [0.1, 0.15) is 56.2 Å². The van der Waals surface area contributed by atoms with E-state index < -0.39 is 21.5 Å². The summed E-state index contributed by atoms with van der Waals surface area (Å²) in [5.41, 5.74) is 1.10. The molecule has 0 saturated carbocycles. The van der Waals surface area contributed by atoms with Crippen molar-refractivity contribution < 1.29 is 22.7 Å². The monoisotopic (exact) mass is 578 g/mol. The Morgan fingerprint density at radius 3 is 2.56 bits per heavy atom. The number of aromatic amines is 1. The molecule has 3 rings (SSSR count). The van der Waals surface area contributed by atoms with Crippen LogP contribution in [0.2, 0.25) is 0 Å². The minimum atomic E-state index is -3.50. The Labute approximate surface area is 231 Å². The van der Waals surface area contributed by atoms with Crippen LogP contribution in [0.5, 0.6) is 16.8 Å². The summed E-state index contributed by atoms with van der Waals surface area (Å²) in [4.78, 5) is 36.4. The van der Waals surface area contributed by atoms with Crippen LogP contribution in [0, 0.1) is 6.92 Å². The topological polar surface area (TPSA) is 164 Å². The molecule has 0 aliphatic heterocycles. The SMILES string of the molecule is COc1nc(NCCS(=O)(=O)NC(C)C)[nH]c(=O)c1NC(=O)c1csc(Oc2cc(C(C)(C)C)ccc2C)n1. The van der Waals surface area contributed by atoms with Crippen LogP contribution < -0.4 is 30.4 Å². The van der Waals surface area contributed by atoms with Gasteiger partial charge in [0.25, 0.3) is 16.7 Å². The fourth-order valence-electron chi connectivity index (χ4n) is 3.37. The second-order valence-corrected chi connectivity index (χ2v) is 12.8. The molecule has 1 amide bonds. The van der Waals surface area contributed by atoms with Gasteiger partial charge in [-0.1, -0.05) is 44.2 Å². The number of aromatic nitrogens is 3. The number of ether oxygens (including phenoxy) is 2. The average molecular weight is 579 g/mol. The summed E-state index contributed by atoms with van der Waals surface area (Å²) in [7, 11) is -2.20. The van der Waals surface area contributed by atoms with Gasteiger partial charge in [-0.3, -0.25) is 14.6 Å². The molecule has 2 heterocycles. The Balaban J connectivity index is 1.71. The number of sulfonamides is 1. The Morgan fingerprint density at radius 2 is 1.92 bits per heavy atom. The lowest BCUT2D eigenvalue weighted by Gasteiger charge is -2.20. The highest BCUT2D eigenvalue weighted by atomic mass is 32.2. The molecule has 14 heteroatoms. The van der Waals surface area contributed by atoms with Crippen LogP contribution in [0.4, 0.5) is 11.6 Å². The zero-order valence-electron chi connectivity index (χ0n) is 23.0. The van der Waals surface area contributed by atoms with Gasteiger partial charge in [0.2, 0.25) is 21.9 Å². The number of anilines is 2. The van der Waals surface area contributed by atoms with Gasteiger partial charge in [-0.15, -0.1) is 0 Å². The van der Waals surface area contributed by atoms with Crippen molar-refractivity contribution >= 4 is 38.9 Å². The van der Waals surface area contributed by atoms with Crippen molar-refractivity contribution in [1.29, 1.82) is 0 Å². The number of hydrogen-bond acceptors (Lipinski definition) is 10. The number of nitrogens with one attached hydrogen (secondary N) is 4. The third-order valence-electron chi connectivity index (χ3n) is 5.36. The number of hydrogen-bond donors (Lipinski definition) is 4. The Bertz CT molecular complexity index is 1490. The van der Waals surface area contributed by atoms with Crippen LogP contribution in [0.3, 0.4) is 0 Å². The van der Waals surface area contributed by atoms with Crippen LogP contribution in [0.15, 0.2) is 28.4 Å². The van der Waals surface area contributed by atoms with Crippen molar-refractivity contribution in [2.75, 3.05) is 30.0 Å². The van der Waals surface area contributed by atoms with E-state index in [0.717, 1.165) is 22.5 Å². The molecule has 212 valence electrons. The second kappa shape index (κ2) is 12.1. The molecule has 2 aromatic heterocycles. The Hall–Kier alpha value is -3.49. The second-order valence-electron chi connectivity index (χ2n) is 10.1. The van der Waals surface area contributed by atoms with E-state index in [-0.39, 0.29) is 52.2 Å². The van der Waals surface area contributed by atoms with E-state index in [4.69, 9.17) is 9.47 Å². The summed E-state index contributed by atoms with van der Waals surface area (Å²) >= 11 is 1.15. The van der Waals surface area contributed by atoms with Gasteiger partial charge in [0.05, 0.1) is 12.9 Å². The molecule has 0 atom stereocenters. The Kier molecular flexibility index (Phi) is 9.35. The normalized spacial score (nSPS) is 11.9. The number of carbonyl (C=O) groups excluding carboxylic acids is 1. The fourth-order valence-corrected chi connectivity index (χ4v) is 5.24. The number of H-pyrrole nitrogens is 1. The minimum Gasteiger partial charge on any atom is -0.479 e. The number of amides is 1. The van der Waals surface area contributed by atoms with Gasteiger partial charge in [0.1, 0.15) is 11.4 Å². The number of aryl methyl sites for hydroxylation is 1. The van der Waals surface area contributed by atoms with Crippen molar-refractivity contribution in [3.63, 3.8) is 0 Å². The van der Waals surface area contributed by atoms with Crippen LogP contribution in [-0.4, -0.2) is 54.7 Å². The van der Waals surface area contributed by atoms with Crippen molar-refractivity contribution in [1.82, 2.24) is 19.7 Å². The highest BCUT2D eigenvalue weighted by molar-refractivity contribution is 7.89. The summed E-state index contributed by atoms with van der Waals surface area (Å²) < 4.78 is 37.6. The summed E-state index contributed by atoms with van der Waals surface area (Å²) in [5, 5.41) is 7.01. The van der Waals surface area contributed by atoms with Crippen LogP contribution >= 0.6 is 11.3 Å². The highest BCUT2D eigenvalue weighted by Gasteiger charge is 2.20. The molecule has 4 N–H and O–H groups in total. The van der Waals surface area contributed by atoms with Gasteiger partial charge >= 0.3 is 0 Å². The highest BCUT2D eigenvalue weighted by Crippen LogP contribution is 2.32. The predicted octanol–water partition coefficient (Wildman–Crippen LogP) is 3.63. The molecule has 0 spiro atoms. The first kappa shape index (κ1) is 30.1. The molecule has 1 aromatic carbocycles. The summed E-state index contributed by atoms with van der Waals surface area (Å²) in [6.07, 6.45) is 0. The zero-order chi connectivity index (χ0) is 29.0. The van der Waals surface area contributed by atoms with Gasteiger partial charge in [0, 0.05) is 18.0 Å². The molecule has 0 radical (unpaired) electrons. The number of nitrogens with zero attached hydrogens (tertiary/aromatic N) is 2. The van der Waals surface area contributed by atoms with Crippen molar-refractivity contribution in [3.05, 3.63) is 50.8 Å². The van der Waals surface area contributed by atoms with Gasteiger partial charge in [-0.05, 0) is 43.4 Å². The van der Waals surface area contributed by atoms with Gasteiger partial charge in [0.15, 0.2) is 5.69 Å². The van der Waals surface area contributed by atoms with E-state index in [9.17, 15) is 18.0 Å². The molecular formula is C25H34N6O6S2. The number of methoxy groups -OCH3 is 1. The molecule has 0 bridgehead atoms. The predicted molar refractivity (Wildman–Crippen MR) is 152 cm³/mol. The quantitative estimate of drug-likeness (QED) is 0.266.